The van der Waals surface area contributed by atoms with Gasteiger partial charge in [-0.3, -0.25) is 24.1 Å². The van der Waals surface area contributed by atoms with Gasteiger partial charge in [-0.05, 0) is 89.3 Å². The van der Waals surface area contributed by atoms with Crippen LogP contribution in [-0.4, -0.2) is 33.5 Å². The number of amides is 2. The van der Waals surface area contributed by atoms with E-state index in [1.165, 1.54) is 23.1 Å². The Kier molecular flexibility index (Phi) is 6.34. The first-order valence-corrected chi connectivity index (χ1v) is 15.6. The van der Waals surface area contributed by atoms with E-state index in [1.54, 1.807) is 30.3 Å². The number of nitrogens with zero attached hydrogens (tertiary/aromatic N) is 2. The van der Waals surface area contributed by atoms with E-state index in [4.69, 9.17) is 16.0 Å². The van der Waals surface area contributed by atoms with Gasteiger partial charge in [0.2, 0.25) is 17.7 Å². The monoisotopic (exact) mass is 680 g/mol. The molecule has 4 atom stereocenters. The molecule has 1 aromatic heterocycles. The first-order valence-electron chi connectivity index (χ1n) is 14.4. The molecule has 8 rings (SSSR count). The molecule has 8 nitrogen and oxygen atoms in total. The minimum Gasteiger partial charge on any atom is -0.508 e. The minimum atomic E-state index is -0.792. The molecule has 4 aromatic rings. The normalized spacial score (nSPS) is 24.4. The molecule has 10 heteroatoms. The van der Waals surface area contributed by atoms with Gasteiger partial charge in [0.15, 0.2) is 17.1 Å². The topological polar surface area (TPSA) is 118 Å². The lowest BCUT2D eigenvalue weighted by atomic mass is 9.59. The zero-order valence-electron chi connectivity index (χ0n) is 23.4. The Morgan fingerprint density at radius 3 is 2.51 bits per heavy atom. The fourth-order valence-electron chi connectivity index (χ4n) is 7.32. The molecule has 1 aliphatic heterocycles. The van der Waals surface area contributed by atoms with Crippen LogP contribution >= 0.6 is 27.5 Å². The highest BCUT2D eigenvalue weighted by Gasteiger charge is 2.57. The van der Waals surface area contributed by atoms with Crippen LogP contribution < -0.4 is 4.90 Å². The Balaban J connectivity index is 1.17. The maximum absolute atomic E-state index is 14.2. The molecule has 2 heterocycles. The third kappa shape index (κ3) is 4.21. The average Bonchev–Trinajstić information content (AvgIpc) is 3.58. The average molecular weight is 682 g/mol. The van der Waals surface area contributed by atoms with Gasteiger partial charge in [0, 0.05) is 39.3 Å². The lowest BCUT2D eigenvalue weighted by Crippen LogP contribution is -2.39. The van der Waals surface area contributed by atoms with Gasteiger partial charge in [-0.15, -0.1) is 0 Å². The van der Waals surface area contributed by atoms with Gasteiger partial charge < -0.3 is 9.52 Å². The number of fused-ring (bicyclic) bond motifs is 4. The SMILES string of the molecule is O=C1C=C(Br)C(=O)C2=C1[C@@H](c1cc(Cl)ccc1O)C1=CC[C@@H]3C(=O)N(c4ccc(-c5nc6ccccc6o5)cc4)C(=O)[C@@H]3[C@@H]1C2. The number of hydrogen-bond donors (Lipinski definition) is 1. The number of aromatic nitrogens is 1. The van der Waals surface area contributed by atoms with E-state index < -0.39 is 23.7 Å². The number of Topliss-reactive ketones (excluding diaryl/α,β-unsaturated/α-hetero) is 1. The van der Waals surface area contributed by atoms with Crippen molar-refractivity contribution in [2.24, 2.45) is 17.8 Å². The van der Waals surface area contributed by atoms with E-state index in [0.717, 1.165) is 11.1 Å². The van der Waals surface area contributed by atoms with Crippen molar-refractivity contribution < 1.29 is 28.7 Å². The van der Waals surface area contributed by atoms with Crippen LogP contribution in [-0.2, 0) is 19.2 Å². The van der Waals surface area contributed by atoms with Gasteiger partial charge in [-0.25, -0.2) is 4.98 Å². The van der Waals surface area contributed by atoms with E-state index >= 15 is 0 Å². The molecule has 1 fully saturated rings. The number of phenolic OH excluding ortho intramolecular Hbond substituents is 1. The molecule has 0 spiro atoms. The van der Waals surface area contributed by atoms with Crippen LogP contribution in [0, 0.1) is 17.8 Å². The second kappa shape index (κ2) is 10.2. The maximum Gasteiger partial charge on any atom is 0.238 e. The molecular formula is C35H22BrClN2O6. The molecular weight excluding hydrogens is 660 g/mol. The van der Waals surface area contributed by atoms with Crippen molar-refractivity contribution in [3.05, 3.63) is 111 Å². The van der Waals surface area contributed by atoms with Crippen LogP contribution in [0.5, 0.6) is 5.75 Å². The highest BCUT2D eigenvalue weighted by Crippen LogP contribution is 2.56. The number of para-hydroxylation sites is 2. The van der Waals surface area contributed by atoms with Crippen molar-refractivity contribution >= 4 is 67.7 Å². The number of benzene rings is 3. The fourth-order valence-corrected chi connectivity index (χ4v) is 7.95. The Morgan fingerprint density at radius 2 is 1.73 bits per heavy atom. The van der Waals surface area contributed by atoms with Crippen LogP contribution in [0.1, 0.15) is 24.3 Å². The fraction of sp³-hybridized carbons (Fsp3) is 0.171. The number of rotatable bonds is 3. The zero-order valence-corrected chi connectivity index (χ0v) is 25.7. The number of anilines is 1. The number of allylic oxidation sites excluding steroid dienone is 6. The van der Waals surface area contributed by atoms with Gasteiger partial charge >= 0.3 is 0 Å². The quantitative estimate of drug-likeness (QED) is 0.143. The van der Waals surface area contributed by atoms with Crippen LogP contribution in [0.25, 0.3) is 22.6 Å². The number of ketones is 2. The molecule has 0 unspecified atom stereocenters. The second-order valence-electron chi connectivity index (χ2n) is 11.6. The van der Waals surface area contributed by atoms with Gasteiger partial charge in [0.05, 0.1) is 22.0 Å². The third-order valence-corrected chi connectivity index (χ3v) is 10.1. The molecule has 222 valence electrons. The summed E-state index contributed by atoms with van der Waals surface area (Å²) in [6.45, 7) is 0. The van der Waals surface area contributed by atoms with Crippen LogP contribution in [0.3, 0.4) is 0 Å². The molecule has 0 saturated carbocycles. The predicted octanol–water partition coefficient (Wildman–Crippen LogP) is 6.82. The number of phenols is 1. The Hall–Kier alpha value is -4.60. The van der Waals surface area contributed by atoms with E-state index in [0.29, 0.717) is 33.3 Å². The van der Waals surface area contributed by atoms with E-state index in [2.05, 4.69) is 20.9 Å². The summed E-state index contributed by atoms with van der Waals surface area (Å²) in [6.07, 6.45) is 3.55. The lowest BCUT2D eigenvalue weighted by Gasteiger charge is -2.42. The van der Waals surface area contributed by atoms with Crippen molar-refractivity contribution in [1.82, 2.24) is 4.98 Å². The highest BCUT2D eigenvalue weighted by atomic mass is 79.9. The summed E-state index contributed by atoms with van der Waals surface area (Å²) in [5.41, 5.74) is 4.16. The third-order valence-electron chi connectivity index (χ3n) is 9.30. The van der Waals surface area contributed by atoms with Crippen molar-refractivity contribution in [2.75, 3.05) is 4.90 Å². The molecule has 0 bridgehead atoms. The maximum atomic E-state index is 14.2. The van der Waals surface area contributed by atoms with E-state index in [-0.39, 0.29) is 57.6 Å². The zero-order chi connectivity index (χ0) is 31.1. The summed E-state index contributed by atoms with van der Waals surface area (Å²) in [4.78, 5) is 60.6. The summed E-state index contributed by atoms with van der Waals surface area (Å²) < 4.78 is 6.01. The Labute approximate surface area is 269 Å². The smallest absolute Gasteiger partial charge is 0.238 e. The highest BCUT2D eigenvalue weighted by molar-refractivity contribution is 9.12. The molecule has 2 amide bonds. The minimum absolute atomic E-state index is 0.0803. The number of halogens is 2. The molecule has 4 aliphatic rings. The molecule has 1 saturated heterocycles. The van der Waals surface area contributed by atoms with Crippen molar-refractivity contribution in [1.29, 1.82) is 0 Å². The second-order valence-corrected chi connectivity index (χ2v) is 12.9. The largest absolute Gasteiger partial charge is 0.508 e. The molecule has 0 radical (unpaired) electrons. The lowest BCUT2D eigenvalue weighted by molar-refractivity contribution is -0.123. The van der Waals surface area contributed by atoms with E-state index in [9.17, 15) is 24.3 Å². The summed E-state index contributed by atoms with van der Waals surface area (Å²) in [5, 5.41) is 11.3. The summed E-state index contributed by atoms with van der Waals surface area (Å²) in [5.74, 6) is -3.74. The molecule has 45 heavy (non-hydrogen) atoms. The van der Waals surface area contributed by atoms with Gasteiger partial charge in [-0.1, -0.05) is 35.4 Å². The van der Waals surface area contributed by atoms with Crippen LogP contribution in [0.4, 0.5) is 5.69 Å². The Morgan fingerprint density at radius 1 is 0.956 bits per heavy atom. The van der Waals surface area contributed by atoms with E-state index in [1.807, 2.05) is 30.3 Å². The first kappa shape index (κ1) is 27.9. The number of hydrogen-bond acceptors (Lipinski definition) is 7. The van der Waals surface area contributed by atoms with Crippen LogP contribution in [0.15, 0.2) is 105 Å². The van der Waals surface area contributed by atoms with Crippen molar-refractivity contribution in [2.45, 2.75) is 18.8 Å². The van der Waals surface area contributed by atoms with Crippen molar-refractivity contribution in [3.63, 3.8) is 0 Å². The Bertz CT molecular complexity index is 2080. The molecule has 3 aromatic carbocycles. The number of carbonyl (C=O) groups is 4. The first-order chi connectivity index (χ1) is 21.7. The van der Waals surface area contributed by atoms with Crippen molar-refractivity contribution in [3.8, 4) is 17.2 Å². The van der Waals surface area contributed by atoms with Gasteiger partial charge in [-0.2, -0.15) is 0 Å². The number of aromatic hydroxyl groups is 1. The van der Waals surface area contributed by atoms with Gasteiger partial charge in [0.1, 0.15) is 11.3 Å². The van der Waals surface area contributed by atoms with Gasteiger partial charge in [0.25, 0.3) is 0 Å². The summed E-state index contributed by atoms with van der Waals surface area (Å²) >= 11 is 9.56. The number of carbonyl (C=O) groups excluding carboxylic acids is 4. The molecule has 3 aliphatic carbocycles. The van der Waals surface area contributed by atoms with Crippen LogP contribution in [0.2, 0.25) is 5.02 Å². The number of imide groups is 1. The molecule has 1 N–H and O–H groups in total. The summed E-state index contributed by atoms with van der Waals surface area (Å²) in [7, 11) is 0. The number of oxazole rings is 1. The predicted molar refractivity (Wildman–Crippen MR) is 170 cm³/mol. The summed E-state index contributed by atoms with van der Waals surface area (Å²) in [6, 6.07) is 18.9. The standard InChI is InChI=1S/C35H22BrClN2O6/c36-24-15-27(41)31-23(32(24)42)14-21-19(29(31)22-13-17(37)7-12-26(22)40)10-11-20-30(21)35(44)39(34(20)43)18-8-5-16(6-9-18)33-38-25-3-1-2-4-28(25)45-33/h1-10,12-13,15,20-21,29-30,40H,11,14H2/t20-,21+,29+,30-/m0/s1.